The van der Waals surface area contributed by atoms with Crippen LogP contribution >= 0.6 is 8.37 Å². The van der Waals surface area contributed by atoms with Crippen molar-refractivity contribution in [1.82, 2.24) is 0 Å². The number of nitrogens with one attached hydrogen (secondary N) is 1. The van der Waals surface area contributed by atoms with Gasteiger partial charge in [0.05, 0.1) is 0 Å². The molecule has 0 atom stereocenters. The highest BCUT2D eigenvalue weighted by atomic mass is 31.1. The van der Waals surface area contributed by atoms with Crippen molar-refractivity contribution < 1.29 is 0 Å². The molecule has 0 spiro atoms. The van der Waals surface area contributed by atoms with E-state index in [0.717, 1.165) is 14.0 Å². The fourth-order valence-corrected chi connectivity index (χ4v) is 1.66. The van der Waals surface area contributed by atoms with Gasteiger partial charge in [-0.15, -0.1) is 0 Å². The van der Waals surface area contributed by atoms with Crippen LogP contribution in [0.25, 0.3) is 0 Å². The molecule has 40 valence electrons. The molecule has 1 saturated carbocycles. The Hall–Kier alpha value is 0.100. The minimum Gasteiger partial charge on any atom is -0.284 e. The molecular formula is C5H10NP. The van der Waals surface area contributed by atoms with Crippen molar-refractivity contribution >= 4 is 8.37 Å². The summed E-state index contributed by atoms with van der Waals surface area (Å²) in [5.41, 5.74) is 0.736. The first-order valence-corrected chi connectivity index (χ1v) is 3.76. The van der Waals surface area contributed by atoms with Gasteiger partial charge in [0.2, 0.25) is 0 Å². The predicted octanol–water partition coefficient (Wildman–Crippen LogP) is 2.64. The van der Waals surface area contributed by atoms with Crippen LogP contribution in [-0.2, 0) is 0 Å². The second kappa shape index (κ2) is 2.42. The molecule has 1 nitrogen and oxygen atoms in total. The zero-order chi connectivity index (χ0) is 5.11. The Balaban J connectivity index is 2.26. The second-order valence-corrected chi connectivity index (χ2v) is 3.06. The molecule has 1 aliphatic rings. The van der Waals surface area contributed by atoms with Crippen molar-refractivity contribution in [3.05, 3.63) is 0 Å². The summed E-state index contributed by atoms with van der Waals surface area (Å²) >= 11 is 0. The van der Waals surface area contributed by atoms with Gasteiger partial charge < -0.3 is 0 Å². The smallest absolute Gasteiger partial charge is 0.0180 e. The van der Waals surface area contributed by atoms with E-state index in [1.807, 2.05) is 0 Å². The molecule has 0 aromatic heterocycles. The molecule has 1 aliphatic carbocycles. The van der Waals surface area contributed by atoms with E-state index in [1.165, 1.54) is 25.7 Å². The Morgan fingerprint density at radius 1 is 1.29 bits per heavy atom. The first kappa shape index (κ1) is 5.24. The highest BCUT2D eigenvalue weighted by Gasteiger charge is 2.11. The fourth-order valence-electron chi connectivity index (χ4n) is 1.03. The van der Waals surface area contributed by atoms with Crippen LogP contribution in [0.4, 0.5) is 0 Å². The standard InChI is InChI=1S/C5H10NP/c6-7-5-3-1-2-4-5/h5-6H,1-4H2. The average Bonchev–Trinajstić information content (AvgIpc) is 2.14. The maximum atomic E-state index is 6.97. The quantitative estimate of drug-likeness (QED) is 0.508. The molecule has 0 heterocycles. The monoisotopic (exact) mass is 115 g/mol. The average molecular weight is 115 g/mol. The van der Waals surface area contributed by atoms with Gasteiger partial charge in [-0.1, -0.05) is 12.8 Å². The van der Waals surface area contributed by atoms with Crippen LogP contribution in [0.5, 0.6) is 0 Å². The van der Waals surface area contributed by atoms with Gasteiger partial charge in [-0.05, 0) is 12.8 Å². The van der Waals surface area contributed by atoms with E-state index in [-0.39, 0.29) is 0 Å². The Morgan fingerprint density at radius 3 is 2.14 bits per heavy atom. The number of hydrogen-bond donors (Lipinski definition) is 1. The van der Waals surface area contributed by atoms with Gasteiger partial charge in [0, 0.05) is 14.0 Å². The first-order valence-electron chi connectivity index (χ1n) is 2.80. The van der Waals surface area contributed by atoms with Gasteiger partial charge in [-0.2, -0.15) is 0 Å². The van der Waals surface area contributed by atoms with Gasteiger partial charge in [0.25, 0.3) is 0 Å². The van der Waals surface area contributed by atoms with Crippen molar-refractivity contribution in [2.75, 3.05) is 0 Å². The van der Waals surface area contributed by atoms with E-state index in [0.29, 0.717) is 0 Å². The lowest BCUT2D eigenvalue weighted by molar-refractivity contribution is 0.886. The Kier molecular flexibility index (Phi) is 1.81. The van der Waals surface area contributed by atoms with E-state index in [4.69, 9.17) is 5.16 Å². The summed E-state index contributed by atoms with van der Waals surface area (Å²) in [5.74, 6) is 0. The van der Waals surface area contributed by atoms with Crippen molar-refractivity contribution in [1.29, 1.82) is 5.16 Å². The van der Waals surface area contributed by atoms with Crippen LogP contribution in [0.3, 0.4) is 0 Å². The third-order valence-corrected chi connectivity index (χ3v) is 2.39. The van der Waals surface area contributed by atoms with Gasteiger partial charge >= 0.3 is 0 Å². The van der Waals surface area contributed by atoms with Gasteiger partial charge in [0.1, 0.15) is 0 Å². The van der Waals surface area contributed by atoms with Crippen LogP contribution in [0, 0.1) is 5.16 Å². The normalized spacial score (nSPS) is 24.0. The molecule has 0 unspecified atom stereocenters. The molecular weight excluding hydrogens is 105 g/mol. The lowest BCUT2D eigenvalue weighted by Gasteiger charge is -1.91. The Labute approximate surface area is 45.8 Å². The summed E-state index contributed by atoms with van der Waals surface area (Å²) in [6.45, 7) is 0. The van der Waals surface area contributed by atoms with Crippen LogP contribution in [0.15, 0.2) is 0 Å². The highest BCUT2D eigenvalue weighted by molar-refractivity contribution is 7.26. The lowest BCUT2D eigenvalue weighted by atomic mass is 10.4. The zero-order valence-electron chi connectivity index (χ0n) is 4.35. The fraction of sp³-hybridized carbons (Fsp3) is 1.00. The lowest BCUT2D eigenvalue weighted by Crippen LogP contribution is -1.83. The van der Waals surface area contributed by atoms with Gasteiger partial charge in [-0.3, -0.25) is 5.16 Å². The SMILES string of the molecule is N=PC1CCCC1. The molecule has 0 saturated heterocycles. The van der Waals surface area contributed by atoms with Crippen molar-refractivity contribution in [3.8, 4) is 0 Å². The topological polar surface area (TPSA) is 23.9 Å². The molecule has 0 aromatic rings. The van der Waals surface area contributed by atoms with Gasteiger partial charge in [0.15, 0.2) is 0 Å². The number of hydrogen-bond acceptors (Lipinski definition) is 1. The minimum atomic E-state index is 0.736. The third kappa shape index (κ3) is 1.24. The van der Waals surface area contributed by atoms with E-state index in [9.17, 15) is 0 Å². The van der Waals surface area contributed by atoms with Crippen LogP contribution < -0.4 is 0 Å². The molecule has 0 radical (unpaired) electrons. The first-order chi connectivity index (χ1) is 3.43. The van der Waals surface area contributed by atoms with Crippen LogP contribution in [-0.4, -0.2) is 5.66 Å². The summed E-state index contributed by atoms with van der Waals surface area (Å²) < 4.78 is 0. The summed E-state index contributed by atoms with van der Waals surface area (Å²) in [4.78, 5) is 0. The second-order valence-electron chi connectivity index (χ2n) is 2.07. The van der Waals surface area contributed by atoms with E-state index in [2.05, 4.69) is 0 Å². The molecule has 1 N–H and O–H groups in total. The largest absolute Gasteiger partial charge is 0.284 e. The zero-order valence-corrected chi connectivity index (χ0v) is 5.25. The maximum Gasteiger partial charge on any atom is 0.0180 e. The van der Waals surface area contributed by atoms with Crippen LogP contribution in [0.2, 0.25) is 0 Å². The molecule has 2 heteroatoms. The summed E-state index contributed by atoms with van der Waals surface area (Å²) in [7, 11) is 0.872. The van der Waals surface area contributed by atoms with Crippen molar-refractivity contribution in [2.45, 2.75) is 31.3 Å². The summed E-state index contributed by atoms with van der Waals surface area (Å²) in [5, 5.41) is 6.97. The predicted molar refractivity (Wildman–Crippen MR) is 31.9 cm³/mol. The maximum absolute atomic E-state index is 6.97. The molecule has 0 bridgehead atoms. The molecule has 0 amide bonds. The summed E-state index contributed by atoms with van der Waals surface area (Å²) in [6.07, 6.45) is 5.36. The molecule has 1 rings (SSSR count). The van der Waals surface area contributed by atoms with Gasteiger partial charge in [-0.25, -0.2) is 0 Å². The third-order valence-electron chi connectivity index (χ3n) is 1.51. The van der Waals surface area contributed by atoms with Crippen molar-refractivity contribution in [2.24, 2.45) is 0 Å². The highest BCUT2D eigenvalue weighted by Crippen LogP contribution is 2.27. The van der Waals surface area contributed by atoms with Crippen LogP contribution in [0.1, 0.15) is 25.7 Å². The minimum absolute atomic E-state index is 0.736. The van der Waals surface area contributed by atoms with Crippen molar-refractivity contribution in [3.63, 3.8) is 0 Å². The Bertz CT molecular complexity index is 66.5. The Morgan fingerprint density at radius 2 is 1.86 bits per heavy atom. The molecule has 7 heavy (non-hydrogen) atoms. The molecule has 0 aliphatic heterocycles. The summed E-state index contributed by atoms with van der Waals surface area (Å²) in [6, 6.07) is 0. The van der Waals surface area contributed by atoms with E-state index < -0.39 is 0 Å². The van der Waals surface area contributed by atoms with E-state index in [1.54, 1.807) is 0 Å². The molecule has 1 fully saturated rings. The molecule has 0 aromatic carbocycles. The number of rotatable bonds is 1. The van der Waals surface area contributed by atoms with E-state index >= 15 is 0 Å².